The van der Waals surface area contributed by atoms with Gasteiger partial charge in [-0.25, -0.2) is 0 Å². The van der Waals surface area contributed by atoms with E-state index in [2.05, 4.69) is 5.32 Å². The van der Waals surface area contributed by atoms with Gasteiger partial charge in [-0.3, -0.25) is 24.5 Å². The van der Waals surface area contributed by atoms with Crippen molar-refractivity contribution in [1.29, 1.82) is 0 Å². The van der Waals surface area contributed by atoms with Gasteiger partial charge in [0.2, 0.25) is 11.8 Å². The summed E-state index contributed by atoms with van der Waals surface area (Å²) in [5.74, 6) is -8.24. The zero-order valence-electron chi connectivity index (χ0n) is 20.3. The first-order valence-electron chi connectivity index (χ1n) is 11.5. The number of hydrogen-bond acceptors (Lipinski definition) is 4. The summed E-state index contributed by atoms with van der Waals surface area (Å²) in [7, 11) is 0. The average Bonchev–Trinajstić information content (AvgIpc) is 3.14. The van der Waals surface area contributed by atoms with E-state index in [4.69, 9.17) is 17.1 Å². The molecule has 1 fully saturated rings. The van der Waals surface area contributed by atoms with Crippen LogP contribution in [0.15, 0.2) is 42.4 Å². The summed E-state index contributed by atoms with van der Waals surface area (Å²) in [6, 6.07) is 4.56. The van der Waals surface area contributed by atoms with E-state index in [-0.39, 0.29) is 35.5 Å². The van der Waals surface area contributed by atoms with Gasteiger partial charge in [0, 0.05) is 35.6 Å². The van der Waals surface area contributed by atoms with Crippen LogP contribution in [0.3, 0.4) is 0 Å². The zero-order valence-corrected chi connectivity index (χ0v) is 17.1. The van der Waals surface area contributed by atoms with Crippen molar-refractivity contribution in [3.63, 3.8) is 0 Å². The number of carbonyl (C=O) groups is 4. The number of rotatable bonds is 5. The molecule has 0 saturated carbocycles. The number of hydrogen-bond donors (Lipinski definition) is 2. The summed E-state index contributed by atoms with van der Waals surface area (Å²) < 4.78 is 62.1. The number of amides is 4. The van der Waals surface area contributed by atoms with Crippen LogP contribution in [0.2, 0.25) is 6.43 Å². The second-order valence-corrected chi connectivity index (χ2v) is 7.74. The van der Waals surface area contributed by atoms with Crippen molar-refractivity contribution in [2.75, 3.05) is 0 Å². The quantitative estimate of drug-likeness (QED) is 0.663. The van der Waals surface area contributed by atoms with E-state index in [1.54, 1.807) is 0 Å². The Morgan fingerprint density at radius 1 is 1.31 bits per heavy atom. The number of nitrogens with one attached hydrogen (secondary N) is 2. The number of piperidine rings is 1. The molecule has 1 saturated heterocycles. The first-order chi connectivity index (χ1) is 16.7. The van der Waals surface area contributed by atoms with Crippen LogP contribution in [-0.2, 0) is 33.3 Å². The van der Waals surface area contributed by atoms with E-state index in [1.165, 1.54) is 0 Å². The molecule has 2 aromatic rings. The van der Waals surface area contributed by atoms with Crippen LogP contribution in [0.1, 0.15) is 44.0 Å². The molecule has 4 rings (SSSR count). The maximum Gasteiger partial charge on any atom is 0.349 e. The van der Waals surface area contributed by atoms with Crippen molar-refractivity contribution in [3.05, 3.63) is 69.7 Å². The smallest absolute Gasteiger partial charge is 0.346 e. The van der Waals surface area contributed by atoms with Gasteiger partial charge in [0.15, 0.2) is 1.41 Å². The molecular weight excluding hydrogens is 444 g/mol. The van der Waals surface area contributed by atoms with Gasteiger partial charge in [-0.1, -0.05) is 35.9 Å². The molecule has 166 valence electrons. The van der Waals surface area contributed by atoms with Gasteiger partial charge >= 0.3 is 5.92 Å². The Bertz CT molecular complexity index is 1290. The summed E-state index contributed by atoms with van der Waals surface area (Å²) in [6.45, 7) is -3.31. The number of benzene rings is 2. The highest BCUT2D eigenvalue weighted by molar-refractivity contribution is 6.30. The van der Waals surface area contributed by atoms with Crippen LogP contribution in [0, 0.1) is 0 Å². The van der Waals surface area contributed by atoms with Crippen molar-refractivity contribution in [1.82, 2.24) is 15.5 Å². The highest BCUT2D eigenvalue weighted by Crippen LogP contribution is 2.30. The van der Waals surface area contributed by atoms with Gasteiger partial charge in [0.1, 0.15) is 6.04 Å². The largest absolute Gasteiger partial charge is 0.349 e. The topological polar surface area (TPSA) is 95.6 Å². The van der Waals surface area contributed by atoms with Gasteiger partial charge in [-0.05, 0) is 35.7 Å². The fourth-order valence-electron chi connectivity index (χ4n) is 3.53. The lowest BCUT2D eigenvalue weighted by Crippen LogP contribution is -2.52. The molecule has 2 aliphatic rings. The number of imide groups is 1. The minimum atomic E-state index is -4.25. The molecule has 0 aliphatic carbocycles. The Morgan fingerprint density at radius 3 is 2.72 bits per heavy atom. The summed E-state index contributed by atoms with van der Waals surface area (Å²) in [6.07, 6.45) is 0.0794. The maximum absolute atomic E-state index is 14.8. The minimum absolute atomic E-state index is 0.00973. The predicted molar refractivity (Wildman–Crippen MR) is 110 cm³/mol. The first kappa shape index (κ1) is 17.3. The van der Waals surface area contributed by atoms with Crippen molar-refractivity contribution in [2.45, 2.75) is 37.8 Å². The fourth-order valence-corrected chi connectivity index (χ4v) is 3.66. The summed E-state index contributed by atoms with van der Waals surface area (Å²) in [5, 5.41) is 1.77. The Kier molecular flexibility index (Phi) is 4.48. The molecular formula is C22H18ClF2N3O4. The van der Waals surface area contributed by atoms with Crippen molar-refractivity contribution in [2.24, 2.45) is 0 Å². The molecule has 0 radical (unpaired) electrons. The number of carbonyl (C=O) groups excluding carboxylic acids is 4. The Morgan fingerprint density at radius 2 is 2.03 bits per heavy atom. The van der Waals surface area contributed by atoms with Gasteiger partial charge < -0.3 is 10.2 Å². The highest BCUT2D eigenvalue weighted by atomic mass is 35.5. The molecule has 2 aromatic carbocycles. The standard InChI is InChI=1S/C22H18ClF2N3O4/c23-15-4-2-14(3-5-15)22(24,25)21(32)26-10-12-1-6-16-13(9-12)11-28(20(16)31)17-7-8-18(29)27-19(17)30/h1-6,9,17H,7-8,10-11H2,(H,26,32)(H,27,29,30)/i6D,10D2/hD. The molecule has 10 heteroatoms. The molecule has 0 spiro atoms. The summed E-state index contributed by atoms with van der Waals surface area (Å²) >= 11 is 5.68. The first-order valence-corrected chi connectivity index (χ1v) is 9.89. The lowest BCUT2D eigenvalue weighted by molar-refractivity contribution is -0.147. The molecule has 1 unspecified atom stereocenters. The van der Waals surface area contributed by atoms with E-state index in [1.807, 2.05) is 0 Å². The Hall–Kier alpha value is -3.33. The number of fused-ring (bicyclic) bond motifs is 1. The van der Waals surface area contributed by atoms with Crippen LogP contribution in [-0.4, -0.2) is 34.6 Å². The molecule has 4 amide bonds. The molecule has 7 nitrogen and oxygen atoms in total. The summed E-state index contributed by atoms with van der Waals surface area (Å²) in [5.41, 5.74) is -1.25. The number of nitrogens with zero attached hydrogens (tertiary/aromatic N) is 1. The number of halogens is 3. The van der Waals surface area contributed by atoms with Crippen LogP contribution in [0.5, 0.6) is 0 Å². The lowest BCUT2D eigenvalue weighted by atomic mass is 10.0. The van der Waals surface area contributed by atoms with E-state index >= 15 is 0 Å². The molecule has 0 bridgehead atoms. The van der Waals surface area contributed by atoms with E-state index in [0.717, 1.165) is 41.3 Å². The second-order valence-electron chi connectivity index (χ2n) is 7.30. The predicted octanol–water partition coefficient (Wildman–Crippen LogP) is 2.51. The van der Waals surface area contributed by atoms with Gasteiger partial charge in [-0.2, -0.15) is 8.78 Å². The second kappa shape index (κ2) is 8.31. The van der Waals surface area contributed by atoms with Crippen LogP contribution in [0.25, 0.3) is 0 Å². The molecule has 2 N–H and O–H groups in total. The Balaban J connectivity index is 1.62. The van der Waals surface area contributed by atoms with Gasteiger partial charge in [0.05, 0.1) is 4.11 Å². The molecule has 1 atom stereocenters. The third-order valence-electron chi connectivity index (χ3n) is 5.19. The van der Waals surface area contributed by atoms with Crippen molar-refractivity contribution in [3.8, 4) is 0 Å². The van der Waals surface area contributed by atoms with E-state index < -0.39 is 64.6 Å². The van der Waals surface area contributed by atoms with Crippen LogP contribution >= 0.6 is 11.6 Å². The third kappa shape index (κ3) is 4.08. The lowest BCUT2D eigenvalue weighted by Gasteiger charge is -2.29. The number of alkyl halides is 2. The van der Waals surface area contributed by atoms with Crippen LogP contribution < -0.4 is 10.6 Å². The average molecular weight is 466 g/mol. The Labute approximate surface area is 192 Å². The van der Waals surface area contributed by atoms with Gasteiger partial charge in [-0.15, -0.1) is 0 Å². The minimum Gasteiger partial charge on any atom is -0.346 e. The summed E-state index contributed by atoms with van der Waals surface area (Å²) in [4.78, 5) is 50.2. The highest BCUT2D eigenvalue weighted by Gasteiger charge is 2.41. The molecule has 32 heavy (non-hydrogen) atoms. The molecule has 2 aliphatic heterocycles. The normalized spacial score (nSPS) is 20.7. The van der Waals surface area contributed by atoms with Crippen molar-refractivity contribution >= 4 is 35.2 Å². The monoisotopic (exact) mass is 465 g/mol. The van der Waals surface area contributed by atoms with E-state index in [9.17, 15) is 28.0 Å². The van der Waals surface area contributed by atoms with Crippen LogP contribution in [0.4, 0.5) is 8.78 Å². The van der Waals surface area contributed by atoms with Crippen molar-refractivity contribution < 1.29 is 33.5 Å². The van der Waals surface area contributed by atoms with Gasteiger partial charge in [0.25, 0.3) is 11.8 Å². The molecule has 0 aromatic heterocycles. The molecule has 2 heterocycles. The third-order valence-corrected chi connectivity index (χ3v) is 5.44. The van der Waals surface area contributed by atoms with E-state index in [0.29, 0.717) is 0 Å². The SMILES string of the molecule is [2H]c1cc(C([2H])([2H])N([2H])C(=O)C(F)(F)c2ccc(Cl)cc2)cc2c1C(=O)N(C1CCC(=O)NC1=O)C2. The maximum atomic E-state index is 14.8. The fraction of sp³-hybridized carbons (Fsp3) is 0.273. The zero-order chi connectivity index (χ0) is 26.6.